The zero-order chi connectivity index (χ0) is 23.9. The number of fused-ring (bicyclic) bond motifs is 2. The quantitative estimate of drug-likeness (QED) is 0.481. The van der Waals surface area contributed by atoms with E-state index in [1.807, 2.05) is 33.8 Å². The number of benzene rings is 2. The Hall–Kier alpha value is -1.78. The van der Waals surface area contributed by atoms with E-state index < -0.39 is 11.2 Å². The van der Waals surface area contributed by atoms with E-state index in [0.717, 1.165) is 22.3 Å². The van der Waals surface area contributed by atoms with Crippen LogP contribution in [0.3, 0.4) is 0 Å². The number of rotatable bonds is 3. The molecule has 4 rings (SSSR count). The van der Waals surface area contributed by atoms with Gasteiger partial charge in [-0.05, 0) is 85.4 Å². The maximum absolute atomic E-state index is 15.4. The monoisotopic (exact) mass is 442 g/mol. The van der Waals surface area contributed by atoms with Crippen molar-refractivity contribution in [1.82, 2.24) is 0 Å². The molecule has 2 heterocycles. The van der Waals surface area contributed by atoms with Crippen molar-refractivity contribution in [1.29, 1.82) is 0 Å². The molecule has 2 atom stereocenters. The van der Waals surface area contributed by atoms with Crippen LogP contribution in [0.5, 0.6) is 0 Å². The standard InChI is InChI=1S/C28H36F2O2/c1-25(2,3)23-19-12-16(13-21(30)22(19)28(8,9)31-23)15-26(4,5)24-18-14-17(29)10-11-20(18)27(6,7)32-24/h10-14,23-24H,15H2,1-9H3/t23-,24?/m1/s1. The first-order valence-electron chi connectivity index (χ1n) is 11.5. The van der Waals surface area contributed by atoms with E-state index in [1.54, 1.807) is 12.1 Å². The first-order valence-corrected chi connectivity index (χ1v) is 11.5. The largest absolute Gasteiger partial charge is 0.362 e. The number of hydrogen-bond acceptors (Lipinski definition) is 2. The Morgan fingerprint density at radius 1 is 0.812 bits per heavy atom. The second-order valence-corrected chi connectivity index (χ2v) is 12.3. The Morgan fingerprint density at radius 3 is 2.06 bits per heavy atom. The fraction of sp³-hybridized carbons (Fsp3) is 0.571. The fourth-order valence-corrected chi connectivity index (χ4v) is 5.61. The molecule has 0 saturated carbocycles. The average Bonchev–Trinajstić information content (AvgIpc) is 3.05. The smallest absolute Gasteiger partial charge is 0.129 e. The minimum atomic E-state index is -0.666. The van der Waals surface area contributed by atoms with Gasteiger partial charge in [0, 0.05) is 5.56 Å². The summed E-state index contributed by atoms with van der Waals surface area (Å²) < 4.78 is 42.3. The predicted molar refractivity (Wildman–Crippen MR) is 123 cm³/mol. The van der Waals surface area contributed by atoms with Crippen LogP contribution < -0.4 is 0 Å². The van der Waals surface area contributed by atoms with Crippen LogP contribution in [-0.2, 0) is 27.1 Å². The minimum absolute atomic E-state index is 0.155. The maximum Gasteiger partial charge on any atom is 0.129 e. The van der Waals surface area contributed by atoms with E-state index in [-0.39, 0.29) is 34.7 Å². The van der Waals surface area contributed by atoms with Crippen molar-refractivity contribution in [2.24, 2.45) is 10.8 Å². The first kappa shape index (κ1) is 23.4. The summed E-state index contributed by atoms with van der Waals surface area (Å²) in [6.45, 7) is 18.5. The van der Waals surface area contributed by atoms with Crippen LogP contribution in [0, 0.1) is 22.5 Å². The molecule has 2 nitrogen and oxygen atoms in total. The molecule has 0 aliphatic carbocycles. The van der Waals surface area contributed by atoms with E-state index in [1.165, 1.54) is 6.07 Å². The van der Waals surface area contributed by atoms with Crippen molar-refractivity contribution >= 4 is 0 Å². The summed E-state index contributed by atoms with van der Waals surface area (Å²) in [6, 6.07) is 8.65. The summed E-state index contributed by atoms with van der Waals surface area (Å²) >= 11 is 0. The second kappa shape index (κ2) is 7.11. The van der Waals surface area contributed by atoms with Gasteiger partial charge in [-0.15, -0.1) is 0 Å². The predicted octanol–water partition coefficient (Wildman–Crippen LogP) is 7.89. The molecule has 0 aromatic heterocycles. The molecule has 0 spiro atoms. The lowest BCUT2D eigenvalue weighted by Gasteiger charge is -2.34. The van der Waals surface area contributed by atoms with Crippen molar-refractivity contribution in [2.45, 2.75) is 92.1 Å². The fourth-order valence-electron chi connectivity index (χ4n) is 5.61. The summed E-state index contributed by atoms with van der Waals surface area (Å²) in [5.41, 5.74) is 2.72. The van der Waals surface area contributed by atoms with Crippen molar-refractivity contribution in [3.05, 3.63) is 69.8 Å². The van der Waals surface area contributed by atoms with Crippen LogP contribution in [0.1, 0.15) is 102 Å². The van der Waals surface area contributed by atoms with Crippen molar-refractivity contribution in [2.75, 3.05) is 0 Å². The zero-order valence-electron chi connectivity index (χ0n) is 20.8. The highest BCUT2D eigenvalue weighted by molar-refractivity contribution is 5.43. The molecule has 0 N–H and O–H groups in total. The highest BCUT2D eigenvalue weighted by Crippen LogP contribution is 2.54. The van der Waals surface area contributed by atoms with Crippen LogP contribution in [0.25, 0.3) is 0 Å². The van der Waals surface area contributed by atoms with Crippen LogP contribution in [0.2, 0.25) is 0 Å². The third-order valence-corrected chi connectivity index (χ3v) is 6.99. The van der Waals surface area contributed by atoms with Crippen molar-refractivity contribution < 1.29 is 18.3 Å². The molecule has 1 unspecified atom stereocenters. The highest BCUT2D eigenvalue weighted by Gasteiger charge is 2.47. The molecule has 0 bridgehead atoms. The Bertz CT molecular complexity index is 1060. The third-order valence-electron chi connectivity index (χ3n) is 6.99. The zero-order valence-corrected chi connectivity index (χ0v) is 20.8. The summed E-state index contributed by atoms with van der Waals surface area (Å²) in [6.07, 6.45) is 0.137. The van der Waals surface area contributed by atoms with Crippen LogP contribution >= 0.6 is 0 Å². The molecule has 2 aliphatic rings. The van der Waals surface area contributed by atoms with Gasteiger partial charge in [-0.25, -0.2) is 8.78 Å². The van der Waals surface area contributed by atoms with E-state index in [2.05, 4.69) is 40.7 Å². The molecule has 32 heavy (non-hydrogen) atoms. The third kappa shape index (κ3) is 3.80. The number of ether oxygens (including phenoxy) is 2. The van der Waals surface area contributed by atoms with Gasteiger partial charge in [0.1, 0.15) is 11.6 Å². The van der Waals surface area contributed by atoms with Crippen molar-refractivity contribution in [3.8, 4) is 0 Å². The van der Waals surface area contributed by atoms with E-state index in [9.17, 15) is 4.39 Å². The molecule has 0 radical (unpaired) electrons. The molecule has 4 heteroatoms. The van der Waals surface area contributed by atoms with Gasteiger partial charge >= 0.3 is 0 Å². The van der Waals surface area contributed by atoms with Crippen LogP contribution in [0.15, 0.2) is 30.3 Å². The van der Waals surface area contributed by atoms with Gasteiger partial charge < -0.3 is 9.47 Å². The summed E-state index contributed by atoms with van der Waals surface area (Å²) in [7, 11) is 0. The van der Waals surface area contributed by atoms with E-state index in [0.29, 0.717) is 12.0 Å². The Balaban J connectivity index is 1.73. The molecule has 2 aromatic rings. The van der Waals surface area contributed by atoms with Gasteiger partial charge in [-0.2, -0.15) is 0 Å². The molecular weight excluding hydrogens is 406 g/mol. The minimum Gasteiger partial charge on any atom is -0.362 e. The molecule has 0 saturated heterocycles. The van der Waals surface area contributed by atoms with E-state index >= 15 is 4.39 Å². The molecule has 0 fully saturated rings. The first-order chi connectivity index (χ1) is 14.5. The lowest BCUT2D eigenvalue weighted by molar-refractivity contribution is -0.101. The lowest BCUT2D eigenvalue weighted by Crippen LogP contribution is -2.27. The van der Waals surface area contributed by atoms with Gasteiger partial charge in [0.2, 0.25) is 0 Å². The maximum atomic E-state index is 15.4. The Morgan fingerprint density at radius 2 is 1.44 bits per heavy atom. The van der Waals surface area contributed by atoms with Gasteiger partial charge in [0.25, 0.3) is 0 Å². The topological polar surface area (TPSA) is 18.5 Å². The van der Waals surface area contributed by atoms with Crippen LogP contribution in [-0.4, -0.2) is 0 Å². The summed E-state index contributed by atoms with van der Waals surface area (Å²) in [4.78, 5) is 0. The van der Waals surface area contributed by atoms with Gasteiger partial charge in [-0.3, -0.25) is 0 Å². The molecule has 174 valence electrons. The SMILES string of the molecule is CC1(C)OC(C(C)(C)Cc2cc(F)c3c(c2)[C@H](C(C)(C)C)OC3(C)C)c2cc(F)ccc21. The molecule has 2 aromatic carbocycles. The van der Waals surface area contributed by atoms with Gasteiger partial charge in [0.05, 0.1) is 23.4 Å². The average molecular weight is 443 g/mol. The summed E-state index contributed by atoms with van der Waals surface area (Å²) in [5.74, 6) is -0.481. The highest BCUT2D eigenvalue weighted by atomic mass is 19.1. The lowest BCUT2D eigenvalue weighted by atomic mass is 9.76. The second-order valence-electron chi connectivity index (χ2n) is 12.3. The van der Waals surface area contributed by atoms with Crippen molar-refractivity contribution in [3.63, 3.8) is 0 Å². The van der Waals surface area contributed by atoms with Gasteiger partial charge in [-0.1, -0.05) is 46.8 Å². The van der Waals surface area contributed by atoms with Gasteiger partial charge in [0.15, 0.2) is 0 Å². The Labute approximate surface area is 191 Å². The van der Waals surface area contributed by atoms with E-state index in [4.69, 9.17) is 9.47 Å². The molecule has 0 amide bonds. The number of halogens is 2. The summed E-state index contributed by atoms with van der Waals surface area (Å²) in [5, 5.41) is 0. The molecule has 2 aliphatic heterocycles. The molecular formula is C28H36F2O2. The Kier molecular flexibility index (Phi) is 5.19. The normalized spacial score (nSPS) is 23.8. The number of hydrogen-bond donors (Lipinski definition) is 0. The van der Waals surface area contributed by atoms with Crippen LogP contribution in [0.4, 0.5) is 8.78 Å².